The van der Waals surface area contributed by atoms with Crippen molar-refractivity contribution in [3.63, 3.8) is 0 Å². The Morgan fingerprint density at radius 2 is 1.82 bits per heavy atom. The van der Waals surface area contributed by atoms with Gasteiger partial charge in [-0.2, -0.15) is 5.10 Å². The molecule has 0 saturated carbocycles. The summed E-state index contributed by atoms with van der Waals surface area (Å²) in [5, 5.41) is 20.1. The third-order valence-corrected chi connectivity index (χ3v) is 4.18. The van der Waals surface area contributed by atoms with E-state index in [0.717, 1.165) is 11.1 Å². The Kier molecular flexibility index (Phi) is 4.20. The molecule has 1 fully saturated rings. The number of nitrogens with zero attached hydrogens (tertiary/aromatic N) is 2. The van der Waals surface area contributed by atoms with Gasteiger partial charge in [0.1, 0.15) is 11.0 Å². The van der Waals surface area contributed by atoms with Gasteiger partial charge in [0.15, 0.2) is 5.17 Å². The van der Waals surface area contributed by atoms with Crippen molar-refractivity contribution in [2.75, 3.05) is 0 Å². The number of rotatable bonds is 3. The summed E-state index contributed by atoms with van der Waals surface area (Å²) in [6.45, 7) is 0. The van der Waals surface area contributed by atoms with Crippen molar-refractivity contribution in [2.45, 2.75) is 5.25 Å². The molecule has 1 aliphatic rings. The van der Waals surface area contributed by atoms with Crippen molar-refractivity contribution >= 4 is 29.1 Å². The SMILES string of the molecule is O=C1N/C(=N/N=C/c2ccc(O)cc2)SC1c1ccccc1. The van der Waals surface area contributed by atoms with Crippen molar-refractivity contribution in [1.29, 1.82) is 0 Å². The average Bonchev–Trinajstić information content (AvgIpc) is 2.91. The summed E-state index contributed by atoms with van der Waals surface area (Å²) in [5.41, 5.74) is 1.76. The van der Waals surface area contributed by atoms with E-state index in [1.54, 1.807) is 30.5 Å². The van der Waals surface area contributed by atoms with E-state index >= 15 is 0 Å². The summed E-state index contributed by atoms with van der Waals surface area (Å²) < 4.78 is 0. The van der Waals surface area contributed by atoms with Crippen LogP contribution in [0, 0.1) is 0 Å². The third-order valence-electron chi connectivity index (χ3n) is 3.05. The molecule has 3 rings (SSSR count). The third kappa shape index (κ3) is 3.35. The summed E-state index contributed by atoms with van der Waals surface area (Å²) in [4.78, 5) is 12.0. The van der Waals surface area contributed by atoms with Crippen LogP contribution in [0.4, 0.5) is 0 Å². The van der Waals surface area contributed by atoms with E-state index < -0.39 is 0 Å². The Balaban J connectivity index is 1.69. The predicted molar refractivity (Wildman–Crippen MR) is 88.1 cm³/mol. The first-order valence-electron chi connectivity index (χ1n) is 6.65. The number of nitrogens with one attached hydrogen (secondary N) is 1. The summed E-state index contributed by atoms with van der Waals surface area (Å²) in [6.07, 6.45) is 1.56. The second-order valence-electron chi connectivity index (χ2n) is 4.64. The second-order valence-corrected chi connectivity index (χ2v) is 5.73. The standard InChI is InChI=1S/C16H13N3O2S/c20-13-8-6-11(7-9-13)10-17-19-16-18-15(21)14(22-16)12-4-2-1-3-5-12/h1-10,14,20H,(H,18,19,21)/b17-10+. The van der Waals surface area contributed by atoms with Gasteiger partial charge in [-0.1, -0.05) is 42.1 Å². The zero-order chi connectivity index (χ0) is 15.4. The molecule has 1 unspecified atom stereocenters. The molecule has 1 heterocycles. The summed E-state index contributed by atoms with van der Waals surface area (Å²) >= 11 is 1.35. The van der Waals surface area contributed by atoms with Crippen molar-refractivity contribution in [3.8, 4) is 5.75 Å². The monoisotopic (exact) mass is 311 g/mol. The fraction of sp³-hybridized carbons (Fsp3) is 0.0625. The fourth-order valence-electron chi connectivity index (χ4n) is 1.97. The smallest absolute Gasteiger partial charge is 0.244 e. The number of amidine groups is 1. The quantitative estimate of drug-likeness (QED) is 0.676. The molecule has 2 aromatic carbocycles. The van der Waals surface area contributed by atoms with Crippen LogP contribution >= 0.6 is 11.8 Å². The van der Waals surface area contributed by atoms with E-state index in [2.05, 4.69) is 15.5 Å². The summed E-state index contributed by atoms with van der Waals surface area (Å²) in [5.74, 6) is 0.113. The lowest BCUT2D eigenvalue weighted by molar-refractivity contribution is -0.118. The molecule has 22 heavy (non-hydrogen) atoms. The Hall–Kier alpha value is -2.60. The molecule has 6 heteroatoms. The van der Waals surface area contributed by atoms with E-state index in [4.69, 9.17) is 0 Å². The highest BCUT2D eigenvalue weighted by Crippen LogP contribution is 2.34. The highest BCUT2D eigenvalue weighted by molar-refractivity contribution is 8.15. The van der Waals surface area contributed by atoms with Gasteiger partial charge in [0.05, 0.1) is 6.21 Å². The number of carbonyl (C=O) groups excluding carboxylic acids is 1. The number of phenols is 1. The number of carbonyl (C=O) groups is 1. The zero-order valence-corrected chi connectivity index (χ0v) is 12.3. The van der Waals surface area contributed by atoms with Gasteiger partial charge < -0.3 is 10.4 Å². The Labute approximate surface area is 131 Å². The minimum atomic E-state index is -0.288. The van der Waals surface area contributed by atoms with Gasteiger partial charge in [0, 0.05) is 0 Å². The molecule has 0 aromatic heterocycles. The van der Waals surface area contributed by atoms with Crippen molar-refractivity contribution in [1.82, 2.24) is 5.32 Å². The minimum absolute atomic E-state index is 0.0882. The van der Waals surface area contributed by atoms with Crippen LogP contribution in [-0.2, 0) is 4.79 Å². The van der Waals surface area contributed by atoms with E-state index in [9.17, 15) is 9.90 Å². The molecule has 0 aliphatic carbocycles. The maximum Gasteiger partial charge on any atom is 0.244 e. The molecule has 0 bridgehead atoms. The average molecular weight is 311 g/mol. The number of thioether (sulfide) groups is 1. The van der Waals surface area contributed by atoms with Gasteiger partial charge >= 0.3 is 0 Å². The molecular formula is C16H13N3O2S. The number of benzene rings is 2. The number of hydrogen-bond donors (Lipinski definition) is 2. The van der Waals surface area contributed by atoms with Crippen LogP contribution in [0.3, 0.4) is 0 Å². The van der Waals surface area contributed by atoms with Gasteiger partial charge in [0.2, 0.25) is 5.91 Å². The predicted octanol–water partition coefficient (Wildman–Crippen LogP) is 2.69. The molecule has 5 nitrogen and oxygen atoms in total. The largest absolute Gasteiger partial charge is 0.508 e. The first-order valence-corrected chi connectivity index (χ1v) is 7.53. The topological polar surface area (TPSA) is 74.0 Å². The normalized spacial score (nSPS) is 19.7. The van der Waals surface area contributed by atoms with E-state index in [0.29, 0.717) is 5.17 Å². The van der Waals surface area contributed by atoms with Crippen molar-refractivity contribution in [2.24, 2.45) is 10.2 Å². The van der Waals surface area contributed by atoms with E-state index in [-0.39, 0.29) is 16.9 Å². The molecule has 2 N–H and O–H groups in total. The fourth-order valence-corrected chi connectivity index (χ4v) is 2.91. The maximum absolute atomic E-state index is 12.0. The molecule has 1 saturated heterocycles. The van der Waals surface area contributed by atoms with Gasteiger partial charge in [-0.25, -0.2) is 0 Å². The van der Waals surface area contributed by atoms with Crippen LogP contribution in [0.15, 0.2) is 64.8 Å². The van der Waals surface area contributed by atoms with Crippen molar-refractivity contribution in [3.05, 3.63) is 65.7 Å². The zero-order valence-electron chi connectivity index (χ0n) is 11.5. The minimum Gasteiger partial charge on any atom is -0.508 e. The first kappa shape index (κ1) is 14.3. The number of hydrogen-bond acceptors (Lipinski definition) is 5. The lowest BCUT2D eigenvalue weighted by Crippen LogP contribution is -2.21. The molecule has 0 radical (unpaired) electrons. The van der Waals surface area contributed by atoms with Gasteiger partial charge in [-0.3, -0.25) is 4.79 Å². The van der Waals surface area contributed by atoms with Gasteiger partial charge in [-0.15, -0.1) is 5.10 Å². The highest BCUT2D eigenvalue weighted by atomic mass is 32.2. The van der Waals surface area contributed by atoms with Crippen LogP contribution in [0.5, 0.6) is 5.75 Å². The Morgan fingerprint density at radius 3 is 2.55 bits per heavy atom. The molecule has 2 aromatic rings. The van der Waals surface area contributed by atoms with Crippen LogP contribution in [0.2, 0.25) is 0 Å². The molecule has 0 spiro atoms. The van der Waals surface area contributed by atoms with Crippen LogP contribution in [0.25, 0.3) is 0 Å². The number of phenolic OH excluding ortho intramolecular Hbond substituents is 1. The molecular weight excluding hydrogens is 298 g/mol. The maximum atomic E-state index is 12.0. The van der Waals surface area contributed by atoms with E-state index in [1.807, 2.05) is 30.3 Å². The highest BCUT2D eigenvalue weighted by Gasteiger charge is 2.31. The van der Waals surface area contributed by atoms with Crippen LogP contribution < -0.4 is 5.32 Å². The van der Waals surface area contributed by atoms with E-state index in [1.165, 1.54) is 11.8 Å². The van der Waals surface area contributed by atoms with Gasteiger partial charge in [-0.05, 0) is 35.4 Å². The molecule has 1 amide bonds. The lowest BCUT2D eigenvalue weighted by atomic mass is 10.1. The van der Waals surface area contributed by atoms with Crippen molar-refractivity contribution < 1.29 is 9.90 Å². The number of aromatic hydroxyl groups is 1. The lowest BCUT2D eigenvalue weighted by Gasteiger charge is -2.03. The number of amides is 1. The Morgan fingerprint density at radius 1 is 1.09 bits per heavy atom. The molecule has 1 aliphatic heterocycles. The Bertz CT molecular complexity index is 727. The molecule has 110 valence electrons. The second kappa shape index (κ2) is 6.44. The van der Waals surface area contributed by atoms with Crippen LogP contribution in [-0.4, -0.2) is 22.4 Å². The first-order chi connectivity index (χ1) is 10.7. The summed E-state index contributed by atoms with van der Waals surface area (Å²) in [6, 6.07) is 16.2. The van der Waals surface area contributed by atoms with Gasteiger partial charge in [0.25, 0.3) is 0 Å². The summed E-state index contributed by atoms with van der Waals surface area (Å²) in [7, 11) is 0. The van der Waals surface area contributed by atoms with Crippen LogP contribution in [0.1, 0.15) is 16.4 Å². The molecule has 1 atom stereocenters.